The van der Waals surface area contributed by atoms with E-state index in [1.165, 1.54) is 5.01 Å². The lowest BCUT2D eigenvalue weighted by Gasteiger charge is -2.20. The van der Waals surface area contributed by atoms with Crippen LogP contribution in [0.5, 0.6) is 0 Å². The number of likely N-dealkylation sites (N-methyl/N-ethyl adjacent to an activating group) is 1. The van der Waals surface area contributed by atoms with Gasteiger partial charge in [0.25, 0.3) is 5.91 Å². The summed E-state index contributed by atoms with van der Waals surface area (Å²) in [5, 5.41) is 8.20. The lowest BCUT2D eigenvalue weighted by atomic mass is 10.00. The van der Waals surface area contributed by atoms with Crippen LogP contribution in [0.1, 0.15) is 43.9 Å². The van der Waals surface area contributed by atoms with Crippen molar-refractivity contribution in [2.45, 2.75) is 32.7 Å². The topological polar surface area (TPSA) is 61.8 Å². The molecule has 112 valence electrons. The highest BCUT2D eigenvalue weighted by molar-refractivity contribution is 5.94. The monoisotopic (exact) mass is 287 g/mol. The van der Waals surface area contributed by atoms with E-state index in [1.807, 2.05) is 24.3 Å². The minimum atomic E-state index is -0.673. The van der Waals surface area contributed by atoms with Crippen LogP contribution >= 0.6 is 0 Å². The van der Waals surface area contributed by atoms with Gasteiger partial charge in [0.05, 0.1) is 6.21 Å². The van der Waals surface area contributed by atoms with Gasteiger partial charge in [0.15, 0.2) is 0 Å². The Kier molecular flexibility index (Phi) is 4.73. The Morgan fingerprint density at radius 1 is 1.38 bits per heavy atom. The summed E-state index contributed by atoms with van der Waals surface area (Å²) in [5.41, 5.74) is 1.64. The third-order valence-electron chi connectivity index (χ3n) is 3.50. The second-order valence-corrected chi connectivity index (χ2v) is 5.67. The van der Waals surface area contributed by atoms with Crippen molar-refractivity contribution in [1.82, 2.24) is 10.3 Å². The van der Waals surface area contributed by atoms with Crippen molar-refractivity contribution in [3.05, 3.63) is 35.4 Å². The van der Waals surface area contributed by atoms with E-state index >= 15 is 0 Å². The third-order valence-corrected chi connectivity index (χ3v) is 3.50. The van der Waals surface area contributed by atoms with Crippen molar-refractivity contribution in [1.29, 1.82) is 0 Å². The van der Waals surface area contributed by atoms with Gasteiger partial charge in [0.2, 0.25) is 5.91 Å². The van der Waals surface area contributed by atoms with E-state index in [2.05, 4.69) is 24.3 Å². The first-order valence-corrected chi connectivity index (χ1v) is 7.19. The standard InChI is InChI=1S/C16H21N3O2/c1-11(2)8-9-14(20)18-15-13-7-5-4-6-12(13)10-17-19(3)16(15)21/h4-7,10-11,15H,8-9H2,1-3H3,(H,18,20). The number of fused-ring (bicyclic) bond motifs is 1. The van der Waals surface area contributed by atoms with E-state index in [4.69, 9.17) is 0 Å². The fourth-order valence-electron chi connectivity index (χ4n) is 2.21. The molecule has 2 rings (SSSR count). The summed E-state index contributed by atoms with van der Waals surface area (Å²) in [6, 6.07) is 6.81. The Morgan fingerprint density at radius 2 is 2.10 bits per heavy atom. The molecule has 0 radical (unpaired) electrons. The van der Waals surface area contributed by atoms with Gasteiger partial charge in [-0.1, -0.05) is 38.1 Å². The lowest BCUT2D eigenvalue weighted by molar-refractivity contribution is -0.135. The number of nitrogens with zero attached hydrogens (tertiary/aromatic N) is 2. The smallest absolute Gasteiger partial charge is 0.269 e. The normalized spacial score (nSPS) is 17.6. The number of benzene rings is 1. The molecule has 2 amide bonds. The second kappa shape index (κ2) is 6.52. The molecule has 1 unspecified atom stereocenters. The molecule has 21 heavy (non-hydrogen) atoms. The first-order valence-electron chi connectivity index (χ1n) is 7.19. The van der Waals surface area contributed by atoms with Crippen LogP contribution in [-0.2, 0) is 9.59 Å². The van der Waals surface area contributed by atoms with Gasteiger partial charge in [-0.3, -0.25) is 9.59 Å². The zero-order valence-corrected chi connectivity index (χ0v) is 12.7. The molecule has 0 aromatic heterocycles. The zero-order valence-electron chi connectivity index (χ0n) is 12.7. The predicted molar refractivity (Wildman–Crippen MR) is 81.8 cm³/mol. The van der Waals surface area contributed by atoms with Crippen LogP contribution in [-0.4, -0.2) is 30.1 Å². The molecule has 0 saturated carbocycles. The number of hydrogen-bond donors (Lipinski definition) is 1. The highest BCUT2D eigenvalue weighted by atomic mass is 16.2. The van der Waals surface area contributed by atoms with Crippen LogP contribution in [0.4, 0.5) is 0 Å². The van der Waals surface area contributed by atoms with Crippen molar-refractivity contribution >= 4 is 18.0 Å². The Bertz CT molecular complexity index is 566. The number of amides is 2. The average molecular weight is 287 g/mol. The van der Waals surface area contributed by atoms with E-state index in [0.717, 1.165) is 17.5 Å². The van der Waals surface area contributed by atoms with Gasteiger partial charge in [-0.25, -0.2) is 5.01 Å². The lowest BCUT2D eigenvalue weighted by Crippen LogP contribution is -2.39. The molecule has 0 saturated heterocycles. The van der Waals surface area contributed by atoms with E-state index in [0.29, 0.717) is 12.3 Å². The maximum absolute atomic E-state index is 12.4. The summed E-state index contributed by atoms with van der Waals surface area (Å²) in [5.74, 6) is 0.125. The van der Waals surface area contributed by atoms with Crippen LogP contribution in [0.2, 0.25) is 0 Å². The van der Waals surface area contributed by atoms with Crippen molar-refractivity contribution in [3.63, 3.8) is 0 Å². The molecule has 1 aliphatic rings. The molecule has 5 heteroatoms. The molecular formula is C16H21N3O2. The van der Waals surface area contributed by atoms with E-state index < -0.39 is 6.04 Å². The van der Waals surface area contributed by atoms with Crippen LogP contribution in [0.3, 0.4) is 0 Å². The Balaban J connectivity index is 2.20. The molecule has 1 aliphatic heterocycles. The number of rotatable bonds is 4. The Labute approximate surface area is 125 Å². The maximum atomic E-state index is 12.4. The van der Waals surface area contributed by atoms with Gasteiger partial charge >= 0.3 is 0 Å². The van der Waals surface area contributed by atoms with Crippen LogP contribution in [0, 0.1) is 5.92 Å². The van der Waals surface area contributed by atoms with Gasteiger partial charge < -0.3 is 5.32 Å². The van der Waals surface area contributed by atoms with Gasteiger partial charge in [-0.05, 0) is 17.9 Å². The SMILES string of the molecule is CC(C)CCC(=O)NC1C(=O)N(C)N=Cc2ccccc21. The molecule has 1 aromatic rings. The first kappa shape index (κ1) is 15.2. The predicted octanol–water partition coefficient (Wildman–Crippen LogP) is 2.09. The van der Waals surface area contributed by atoms with Gasteiger partial charge in [0.1, 0.15) is 6.04 Å². The second-order valence-electron chi connectivity index (χ2n) is 5.67. The van der Waals surface area contributed by atoms with E-state index in [9.17, 15) is 9.59 Å². The van der Waals surface area contributed by atoms with Crippen LogP contribution < -0.4 is 5.32 Å². The molecular weight excluding hydrogens is 266 g/mol. The summed E-state index contributed by atoms with van der Waals surface area (Å²) in [4.78, 5) is 24.4. The molecule has 0 spiro atoms. The summed E-state index contributed by atoms with van der Waals surface area (Å²) >= 11 is 0. The number of carbonyl (C=O) groups is 2. The minimum Gasteiger partial charge on any atom is -0.340 e. The van der Waals surface area contributed by atoms with Crippen LogP contribution in [0.25, 0.3) is 0 Å². The Morgan fingerprint density at radius 3 is 2.81 bits per heavy atom. The van der Waals surface area contributed by atoms with Crippen LogP contribution in [0.15, 0.2) is 29.4 Å². The number of nitrogens with one attached hydrogen (secondary N) is 1. The molecule has 5 nitrogen and oxygen atoms in total. The molecule has 1 aromatic carbocycles. The van der Waals surface area contributed by atoms with Gasteiger partial charge in [0, 0.05) is 19.0 Å². The Hall–Kier alpha value is -2.17. The number of carbonyl (C=O) groups excluding carboxylic acids is 2. The molecule has 1 heterocycles. The molecule has 0 bridgehead atoms. The maximum Gasteiger partial charge on any atom is 0.269 e. The van der Waals surface area contributed by atoms with Crippen molar-refractivity contribution in [2.75, 3.05) is 7.05 Å². The molecule has 0 fully saturated rings. The van der Waals surface area contributed by atoms with Gasteiger partial charge in [-0.15, -0.1) is 0 Å². The van der Waals surface area contributed by atoms with Crippen molar-refractivity contribution in [3.8, 4) is 0 Å². The summed E-state index contributed by atoms with van der Waals surface area (Å²) in [6.45, 7) is 4.14. The molecule has 1 atom stereocenters. The average Bonchev–Trinajstić information content (AvgIpc) is 2.58. The highest BCUT2D eigenvalue weighted by Gasteiger charge is 2.29. The highest BCUT2D eigenvalue weighted by Crippen LogP contribution is 2.22. The fraction of sp³-hybridized carbons (Fsp3) is 0.438. The third kappa shape index (κ3) is 3.68. The fourth-order valence-corrected chi connectivity index (χ4v) is 2.21. The van der Waals surface area contributed by atoms with Crippen molar-refractivity contribution in [2.24, 2.45) is 11.0 Å². The zero-order chi connectivity index (χ0) is 15.4. The summed E-state index contributed by atoms with van der Waals surface area (Å²) in [6.07, 6.45) is 2.88. The minimum absolute atomic E-state index is 0.104. The van der Waals surface area contributed by atoms with E-state index in [1.54, 1.807) is 13.3 Å². The van der Waals surface area contributed by atoms with E-state index in [-0.39, 0.29) is 11.8 Å². The quantitative estimate of drug-likeness (QED) is 0.921. The largest absolute Gasteiger partial charge is 0.340 e. The molecule has 0 aliphatic carbocycles. The summed E-state index contributed by atoms with van der Waals surface area (Å²) < 4.78 is 0. The van der Waals surface area contributed by atoms with Crippen molar-refractivity contribution < 1.29 is 9.59 Å². The molecule has 1 N–H and O–H groups in total. The number of hydrogen-bond acceptors (Lipinski definition) is 3. The van der Waals surface area contributed by atoms with Gasteiger partial charge in [-0.2, -0.15) is 5.10 Å². The first-order chi connectivity index (χ1) is 9.99. The number of hydrazone groups is 1. The summed E-state index contributed by atoms with van der Waals surface area (Å²) in [7, 11) is 1.60.